The van der Waals surface area contributed by atoms with Crippen molar-refractivity contribution < 1.29 is 8.42 Å². The van der Waals surface area contributed by atoms with E-state index < -0.39 is 10.0 Å². The summed E-state index contributed by atoms with van der Waals surface area (Å²) < 4.78 is 29.2. The summed E-state index contributed by atoms with van der Waals surface area (Å²) in [5, 5.41) is 0. The Balaban J connectivity index is 2.06. The van der Waals surface area contributed by atoms with Crippen LogP contribution in [0, 0.1) is 0 Å². The lowest BCUT2D eigenvalue weighted by atomic mass is 10.3. The number of benzene rings is 1. The van der Waals surface area contributed by atoms with E-state index in [0.29, 0.717) is 16.6 Å². The first-order valence-corrected chi connectivity index (χ1v) is 8.18. The summed E-state index contributed by atoms with van der Waals surface area (Å²) >= 11 is 3.21. The van der Waals surface area contributed by atoms with Crippen LogP contribution in [0.25, 0.3) is 0 Å². The summed E-state index contributed by atoms with van der Waals surface area (Å²) in [6, 6.07) is 4.59. The summed E-state index contributed by atoms with van der Waals surface area (Å²) in [4.78, 5) is 4.31. The predicted molar refractivity (Wildman–Crippen MR) is 80.7 cm³/mol. The number of aromatic nitrogens is 2. The molecule has 0 saturated carbocycles. The number of anilines is 1. The standard InChI is InChI=1S/C12H15BrN4O2S/c1-17-7-6-15-12(17)4-5-16-20(18,19)11-3-2-9(14)8-10(11)13/h2-3,6-8,16H,4-5,14H2,1H3. The largest absolute Gasteiger partial charge is 0.399 e. The molecule has 1 aromatic carbocycles. The number of hydrogen-bond acceptors (Lipinski definition) is 4. The summed E-state index contributed by atoms with van der Waals surface area (Å²) in [6.07, 6.45) is 4.02. The monoisotopic (exact) mass is 358 g/mol. The molecule has 0 saturated heterocycles. The number of halogens is 1. The van der Waals surface area contributed by atoms with Crippen LogP contribution < -0.4 is 10.5 Å². The van der Waals surface area contributed by atoms with Crippen LogP contribution in [-0.2, 0) is 23.5 Å². The molecule has 0 radical (unpaired) electrons. The molecule has 0 aliphatic heterocycles. The lowest BCUT2D eigenvalue weighted by Gasteiger charge is -2.09. The lowest BCUT2D eigenvalue weighted by Crippen LogP contribution is -2.27. The highest BCUT2D eigenvalue weighted by atomic mass is 79.9. The van der Waals surface area contributed by atoms with E-state index in [2.05, 4.69) is 25.6 Å². The SMILES string of the molecule is Cn1ccnc1CCNS(=O)(=O)c1ccc(N)cc1Br. The first-order chi connectivity index (χ1) is 9.40. The first-order valence-electron chi connectivity index (χ1n) is 5.91. The van der Waals surface area contributed by atoms with E-state index in [4.69, 9.17) is 5.73 Å². The number of rotatable bonds is 5. The van der Waals surface area contributed by atoms with Gasteiger partial charge in [-0.3, -0.25) is 0 Å². The quantitative estimate of drug-likeness (QED) is 0.787. The van der Waals surface area contributed by atoms with Crippen LogP contribution in [0.15, 0.2) is 40.0 Å². The van der Waals surface area contributed by atoms with Gasteiger partial charge >= 0.3 is 0 Å². The van der Waals surface area contributed by atoms with Crippen molar-refractivity contribution in [2.75, 3.05) is 12.3 Å². The zero-order valence-electron chi connectivity index (χ0n) is 10.9. The van der Waals surface area contributed by atoms with Gasteiger partial charge in [-0.1, -0.05) is 0 Å². The van der Waals surface area contributed by atoms with Gasteiger partial charge in [-0.25, -0.2) is 18.1 Å². The molecular weight excluding hydrogens is 344 g/mol. The van der Waals surface area contributed by atoms with Crippen molar-refractivity contribution in [3.63, 3.8) is 0 Å². The second-order valence-corrected chi connectivity index (χ2v) is 6.88. The summed E-state index contributed by atoms with van der Waals surface area (Å²) in [7, 11) is -1.69. The van der Waals surface area contributed by atoms with Crippen LogP contribution in [0.3, 0.4) is 0 Å². The average Bonchev–Trinajstić information content (AvgIpc) is 2.74. The number of hydrogen-bond donors (Lipinski definition) is 2. The molecular formula is C12H15BrN4O2S. The Morgan fingerprint density at radius 2 is 2.20 bits per heavy atom. The van der Waals surface area contributed by atoms with E-state index in [1.807, 2.05) is 17.8 Å². The van der Waals surface area contributed by atoms with Gasteiger partial charge in [-0.15, -0.1) is 0 Å². The fourth-order valence-corrected chi connectivity index (χ4v) is 3.87. The van der Waals surface area contributed by atoms with Gasteiger partial charge in [0.05, 0.1) is 4.90 Å². The highest BCUT2D eigenvalue weighted by Crippen LogP contribution is 2.23. The highest BCUT2D eigenvalue weighted by Gasteiger charge is 2.17. The molecule has 6 nitrogen and oxygen atoms in total. The van der Waals surface area contributed by atoms with Gasteiger partial charge in [-0.2, -0.15) is 0 Å². The third-order valence-electron chi connectivity index (χ3n) is 2.81. The molecule has 8 heteroatoms. The Morgan fingerprint density at radius 1 is 1.45 bits per heavy atom. The number of nitrogen functional groups attached to an aromatic ring is 1. The maximum Gasteiger partial charge on any atom is 0.241 e. The minimum Gasteiger partial charge on any atom is -0.399 e. The molecule has 0 fully saturated rings. The van der Waals surface area contributed by atoms with Crippen molar-refractivity contribution >= 4 is 31.6 Å². The Bertz CT molecular complexity index is 712. The topological polar surface area (TPSA) is 90.0 Å². The Morgan fingerprint density at radius 3 is 2.80 bits per heavy atom. The molecule has 2 rings (SSSR count). The van der Waals surface area contributed by atoms with Crippen molar-refractivity contribution in [2.24, 2.45) is 7.05 Å². The highest BCUT2D eigenvalue weighted by molar-refractivity contribution is 9.10. The Labute approximate surface area is 126 Å². The lowest BCUT2D eigenvalue weighted by molar-refractivity contribution is 0.579. The molecule has 0 aliphatic rings. The number of nitrogens with one attached hydrogen (secondary N) is 1. The third kappa shape index (κ3) is 3.38. The Kier molecular flexibility index (Phi) is 4.46. The molecule has 0 unspecified atom stereocenters. The summed E-state index contributed by atoms with van der Waals surface area (Å²) in [5.74, 6) is 0.823. The van der Waals surface area contributed by atoms with Crippen molar-refractivity contribution in [3.8, 4) is 0 Å². The molecule has 0 spiro atoms. The average molecular weight is 359 g/mol. The molecule has 3 N–H and O–H groups in total. The number of nitrogens with zero attached hydrogens (tertiary/aromatic N) is 2. The van der Waals surface area contributed by atoms with Gasteiger partial charge in [0, 0.05) is 42.6 Å². The summed E-state index contributed by atoms with van der Waals surface area (Å²) in [6.45, 7) is 0.282. The van der Waals surface area contributed by atoms with Crippen LogP contribution in [0.5, 0.6) is 0 Å². The predicted octanol–water partition coefficient (Wildman–Crippen LogP) is 1.29. The second kappa shape index (κ2) is 5.94. The van der Waals surface area contributed by atoms with E-state index in [1.54, 1.807) is 18.3 Å². The molecule has 0 aliphatic carbocycles. The van der Waals surface area contributed by atoms with Gasteiger partial charge < -0.3 is 10.3 Å². The normalized spacial score (nSPS) is 11.7. The molecule has 108 valence electrons. The molecule has 2 aromatic rings. The van der Waals surface area contributed by atoms with E-state index in [1.165, 1.54) is 6.07 Å². The van der Waals surface area contributed by atoms with Gasteiger partial charge in [0.25, 0.3) is 0 Å². The molecule has 0 amide bonds. The van der Waals surface area contributed by atoms with Gasteiger partial charge in [0.1, 0.15) is 5.82 Å². The summed E-state index contributed by atoms with van der Waals surface area (Å²) in [5.41, 5.74) is 6.10. The Hall–Kier alpha value is -1.38. The zero-order chi connectivity index (χ0) is 14.8. The molecule has 1 aromatic heterocycles. The fourth-order valence-electron chi connectivity index (χ4n) is 1.75. The zero-order valence-corrected chi connectivity index (χ0v) is 13.3. The number of imidazole rings is 1. The minimum atomic E-state index is -3.56. The van der Waals surface area contributed by atoms with Gasteiger partial charge in [0.2, 0.25) is 10.0 Å². The van der Waals surface area contributed by atoms with E-state index in [-0.39, 0.29) is 11.4 Å². The fraction of sp³-hybridized carbons (Fsp3) is 0.250. The molecule has 20 heavy (non-hydrogen) atoms. The first kappa shape index (κ1) is 15.0. The van der Waals surface area contributed by atoms with Crippen LogP contribution in [0.1, 0.15) is 5.82 Å². The van der Waals surface area contributed by atoms with Crippen LogP contribution in [0.2, 0.25) is 0 Å². The second-order valence-electron chi connectivity index (χ2n) is 4.29. The maximum atomic E-state index is 12.2. The van der Waals surface area contributed by atoms with Crippen molar-refractivity contribution in [2.45, 2.75) is 11.3 Å². The molecule has 0 atom stereocenters. The minimum absolute atomic E-state index is 0.173. The number of aryl methyl sites for hydroxylation is 1. The van der Waals surface area contributed by atoms with Gasteiger partial charge in [0.15, 0.2) is 0 Å². The molecule has 1 heterocycles. The van der Waals surface area contributed by atoms with Crippen molar-refractivity contribution in [3.05, 3.63) is 40.9 Å². The van der Waals surface area contributed by atoms with E-state index in [9.17, 15) is 8.42 Å². The maximum absolute atomic E-state index is 12.2. The molecule has 0 bridgehead atoms. The van der Waals surface area contributed by atoms with Crippen molar-refractivity contribution in [1.29, 1.82) is 0 Å². The number of nitrogens with two attached hydrogens (primary N) is 1. The van der Waals surface area contributed by atoms with E-state index >= 15 is 0 Å². The van der Waals surface area contributed by atoms with Gasteiger partial charge in [-0.05, 0) is 34.1 Å². The van der Waals surface area contributed by atoms with Crippen molar-refractivity contribution in [1.82, 2.24) is 14.3 Å². The van der Waals surface area contributed by atoms with Crippen LogP contribution in [0.4, 0.5) is 5.69 Å². The smallest absolute Gasteiger partial charge is 0.241 e. The van der Waals surface area contributed by atoms with E-state index in [0.717, 1.165) is 5.82 Å². The van der Waals surface area contributed by atoms with Crippen LogP contribution in [-0.4, -0.2) is 24.5 Å². The number of sulfonamides is 1. The third-order valence-corrected chi connectivity index (χ3v) is 5.24. The van der Waals surface area contributed by atoms with Crippen LogP contribution >= 0.6 is 15.9 Å².